The number of aromatic nitrogens is 2. The zero-order valence-corrected chi connectivity index (χ0v) is 14.0. The van der Waals surface area contributed by atoms with Crippen molar-refractivity contribution in [1.82, 2.24) is 15.1 Å². The minimum absolute atomic E-state index is 0.00719. The van der Waals surface area contributed by atoms with Crippen LogP contribution in [0.3, 0.4) is 0 Å². The van der Waals surface area contributed by atoms with Crippen LogP contribution in [0.15, 0.2) is 30.5 Å². The molecule has 1 heterocycles. The smallest absolute Gasteiger partial charge is 0.254 e. The second kappa shape index (κ2) is 6.99. The van der Waals surface area contributed by atoms with Crippen LogP contribution >= 0.6 is 0 Å². The third-order valence-electron chi connectivity index (χ3n) is 4.72. The van der Waals surface area contributed by atoms with Gasteiger partial charge < -0.3 is 5.32 Å². The molecule has 1 aliphatic rings. The summed E-state index contributed by atoms with van der Waals surface area (Å²) in [5.74, 6) is 0.00719. The Hall–Kier alpha value is -2.10. The Bertz CT molecular complexity index is 664. The Balaban J connectivity index is 1.75. The van der Waals surface area contributed by atoms with Crippen LogP contribution in [0.2, 0.25) is 0 Å². The van der Waals surface area contributed by atoms with Crippen molar-refractivity contribution in [2.24, 2.45) is 0 Å². The average molecular weight is 311 g/mol. The van der Waals surface area contributed by atoms with Gasteiger partial charge in [-0.05, 0) is 38.8 Å². The van der Waals surface area contributed by atoms with Crippen LogP contribution in [0.1, 0.15) is 60.1 Å². The van der Waals surface area contributed by atoms with Crippen molar-refractivity contribution in [3.63, 3.8) is 0 Å². The summed E-state index contributed by atoms with van der Waals surface area (Å²) in [6.45, 7) is 4.01. The molecule has 1 aromatic heterocycles. The van der Waals surface area contributed by atoms with Crippen molar-refractivity contribution in [2.45, 2.75) is 58.4 Å². The largest absolute Gasteiger partial charge is 0.349 e. The molecule has 0 unspecified atom stereocenters. The molecule has 1 aromatic carbocycles. The van der Waals surface area contributed by atoms with Crippen LogP contribution < -0.4 is 5.32 Å². The molecule has 1 amide bonds. The number of carbonyl (C=O) groups is 1. The molecule has 1 fully saturated rings. The Morgan fingerprint density at radius 3 is 2.39 bits per heavy atom. The van der Waals surface area contributed by atoms with E-state index in [4.69, 9.17) is 0 Å². The second-order valence-corrected chi connectivity index (χ2v) is 6.55. The van der Waals surface area contributed by atoms with E-state index in [1.54, 1.807) is 6.20 Å². The topological polar surface area (TPSA) is 46.9 Å². The lowest BCUT2D eigenvalue weighted by Crippen LogP contribution is -2.34. The summed E-state index contributed by atoms with van der Waals surface area (Å²) >= 11 is 0. The van der Waals surface area contributed by atoms with Gasteiger partial charge in [0.05, 0.1) is 23.1 Å². The van der Waals surface area contributed by atoms with Crippen LogP contribution in [-0.4, -0.2) is 21.7 Å². The van der Waals surface area contributed by atoms with Gasteiger partial charge in [-0.15, -0.1) is 0 Å². The lowest BCUT2D eigenvalue weighted by atomic mass is 10.1. The van der Waals surface area contributed by atoms with Gasteiger partial charge >= 0.3 is 0 Å². The summed E-state index contributed by atoms with van der Waals surface area (Å²) in [4.78, 5) is 12.6. The molecule has 4 heteroatoms. The zero-order chi connectivity index (χ0) is 16.2. The van der Waals surface area contributed by atoms with Gasteiger partial charge in [0.2, 0.25) is 0 Å². The molecular formula is C19H25N3O. The number of hydrogen-bond donors (Lipinski definition) is 1. The van der Waals surface area contributed by atoms with Crippen LogP contribution in [0.5, 0.6) is 0 Å². The van der Waals surface area contributed by atoms with E-state index in [0.717, 1.165) is 24.2 Å². The molecule has 0 bridgehead atoms. The Morgan fingerprint density at radius 2 is 1.74 bits per heavy atom. The molecule has 3 rings (SSSR count). The third-order valence-corrected chi connectivity index (χ3v) is 4.72. The van der Waals surface area contributed by atoms with Crippen molar-refractivity contribution >= 4 is 5.91 Å². The molecule has 0 spiro atoms. The van der Waals surface area contributed by atoms with Gasteiger partial charge in [0.15, 0.2) is 0 Å². The number of nitrogens with zero attached hydrogens (tertiary/aromatic N) is 2. The molecule has 0 aliphatic heterocycles. The summed E-state index contributed by atoms with van der Waals surface area (Å²) in [5.41, 5.74) is 3.77. The van der Waals surface area contributed by atoms with Crippen molar-refractivity contribution in [3.8, 4) is 5.69 Å². The highest BCUT2D eigenvalue weighted by Gasteiger charge is 2.19. The number of carbonyl (C=O) groups excluding carboxylic acids is 1. The maximum absolute atomic E-state index is 12.6. The predicted octanol–water partition coefficient (Wildman–Crippen LogP) is 3.94. The lowest BCUT2D eigenvalue weighted by molar-refractivity contribution is 0.0932. The number of amides is 1. The van der Waals surface area contributed by atoms with Crippen molar-refractivity contribution in [1.29, 1.82) is 0 Å². The molecule has 1 N–H and O–H groups in total. The van der Waals surface area contributed by atoms with Crippen molar-refractivity contribution in [3.05, 3.63) is 47.3 Å². The third kappa shape index (κ3) is 3.63. The molecular weight excluding hydrogens is 286 g/mol. The van der Waals surface area contributed by atoms with E-state index in [1.807, 2.05) is 23.7 Å². The van der Waals surface area contributed by atoms with Crippen molar-refractivity contribution in [2.75, 3.05) is 0 Å². The SMILES string of the molecule is Cc1ccc(-n2ncc(C(=O)NC3CCCCCC3)c2C)cc1. The molecule has 0 atom stereocenters. The highest BCUT2D eigenvalue weighted by Crippen LogP contribution is 2.19. The minimum Gasteiger partial charge on any atom is -0.349 e. The van der Waals surface area contributed by atoms with Crippen LogP contribution in [0.4, 0.5) is 0 Å². The van der Waals surface area contributed by atoms with Crippen LogP contribution in [0.25, 0.3) is 5.69 Å². The number of nitrogens with one attached hydrogen (secondary N) is 1. The first kappa shape index (κ1) is 15.8. The first-order valence-electron chi connectivity index (χ1n) is 8.57. The molecule has 122 valence electrons. The van der Waals surface area contributed by atoms with E-state index in [0.29, 0.717) is 11.6 Å². The van der Waals surface area contributed by atoms with Gasteiger partial charge in [0, 0.05) is 6.04 Å². The summed E-state index contributed by atoms with van der Waals surface area (Å²) in [7, 11) is 0. The quantitative estimate of drug-likeness (QED) is 0.873. The number of benzene rings is 1. The highest BCUT2D eigenvalue weighted by molar-refractivity contribution is 5.95. The zero-order valence-electron chi connectivity index (χ0n) is 14.0. The van der Waals surface area contributed by atoms with E-state index >= 15 is 0 Å². The van der Waals surface area contributed by atoms with E-state index in [9.17, 15) is 4.79 Å². The molecule has 2 aromatic rings. The summed E-state index contributed by atoms with van der Waals surface area (Å²) in [5, 5.41) is 7.60. The second-order valence-electron chi connectivity index (χ2n) is 6.55. The van der Waals surface area contributed by atoms with Gasteiger partial charge in [0.1, 0.15) is 0 Å². The predicted molar refractivity (Wildman–Crippen MR) is 92.0 cm³/mol. The standard InChI is InChI=1S/C19H25N3O/c1-14-9-11-17(12-10-14)22-15(2)18(13-20-22)19(23)21-16-7-5-3-4-6-8-16/h9-13,16H,3-8H2,1-2H3,(H,21,23). The first-order chi connectivity index (χ1) is 11.1. The highest BCUT2D eigenvalue weighted by atomic mass is 16.1. The molecule has 0 radical (unpaired) electrons. The summed E-state index contributed by atoms with van der Waals surface area (Å²) in [6, 6.07) is 8.49. The van der Waals surface area contributed by atoms with Crippen LogP contribution in [0, 0.1) is 13.8 Å². The van der Waals surface area contributed by atoms with E-state index < -0.39 is 0 Å². The Labute approximate surface area is 137 Å². The summed E-state index contributed by atoms with van der Waals surface area (Å²) < 4.78 is 1.83. The van der Waals surface area contributed by atoms with E-state index in [2.05, 4.69) is 29.5 Å². The molecule has 0 saturated heterocycles. The normalized spacial score (nSPS) is 16.1. The fraction of sp³-hybridized carbons (Fsp3) is 0.474. The number of rotatable bonds is 3. The molecule has 1 saturated carbocycles. The number of aryl methyl sites for hydroxylation is 1. The molecule has 23 heavy (non-hydrogen) atoms. The maximum Gasteiger partial charge on any atom is 0.254 e. The lowest BCUT2D eigenvalue weighted by Gasteiger charge is -2.16. The Morgan fingerprint density at radius 1 is 1.09 bits per heavy atom. The summed E-state index contributed by atoms with van der Waals surface area (Å²) in [6.07, 6.45) is 8.88. The van der Waals surface area contributed by atoms with E-state index in [-0.39, 0.29) is 5.91 Å². The number of hydrogen-bond acceptors (Lipinski definition) is 2. The monoisotopic (exact) mass is 311 g/mol. The fourth-order valence-electron chi connectivity index (χ4n) is 3.27. The van der Waals surface area contributed by atoms with Crippen molar-refractivity contribution < 1.29 is 4.79 Å². The molecule has 4 nitrogen and oxygen atoms in total. The van der Waals surface area contributed by atoms with Gasteiger partial charge in [-0.2, -0.15) is 5.10 Å². The minimum atomic E-state index is 0.00719. The van der Waals surface area contributed by atoms with Gasteiger partial charge in [-0.3, -0.25) is 4.79 Å². The van der Waals surface area contributed by atoms with E-state index in [1.165, 1.54) is 31.2 Å². The van der Waals surface area contributed by atoms with Gasteiger partial charge in [-0.1, -0.05) is 43.4 Å². The van der Waals surface area contributed by atoms with Gasteiger partial charge in [0.25, 0.3) is 5.91 Å². The fourth-order valence-corrected chi connectivity index (χ4v) is 3.27. The van der Waals surface area contributed by atoms with Gasteiger partial charge in [-0.25, -0.2) is 4.68 Å². The molecule has 1 aliphatic carbocycles. The first-order valence-corrected chi connectivity index (χ1v) is 8.57. The Kier molecular flexibility index (Phi) is 4.79. The van der Waals surface area contributed by atoms with Crippen LogP contribution in [-0.2, 0) is 0 Å². The maximum atomic E-state index is 12.6. The average Bonchev–Trinajstić information content (AvgIpc) is 2.75.